The number of rotatable bonds is 3. The Labute approximate surface area is 119 Å². The lowest BCUT2D eigenvalue weighted by Gasteiger charge is -2.20. The summed E-state index contributed by atoms with van der Waals surface area (Å²) in [5.74, 6) is 0. The maximum Gasteiger partial charge on any atom is 0.258 e. The summed E-state index contributed by atoms with van der Waals surface area (Å²) in [7, 11) is -3.59. The van der Waals surface area contributed by atoms with Gasteiger partial charge in [-0.1, -0.05) is 15.9 Å². The van der Waals surface area contributed by atoms with Crippen LogP contribution in [0.25, 0.3) is 0 Å². The van der Waals surface area contributed by atoms with E-state index in [1.807, 2.05) is 0 Å². The first kappa shape index (κ1) is 15.1. The molecule has 7 heteroatoms. The van der Waals surface area contributed by atoms with E-state index < -0.39 is 15.6 Å². The Bertz CT molecular complexity index is 510. The van der Waals surface area contributed by atoms with E-state index >= 15 is 0 Å². The Hall–Kier alpha value is 0.0200. The second-order valence-electron chi connectivity index (χ2n) is 4.61. The largest absolute Gasteiger partial charge is 0.258 e. The van der Waals surface area contributed by atoms with Gasteiger partial charge in [0.15, 0.2) is 5.03 Å². The standard InChI is InChI=1S/C10H14Br2N2O2S/c1-10(2,3)14-17(15,16)9-7(5-11)4-8(12)6-13-9/h4,6,14H,5H2,1-3H3. The van der Waals surface area contributed by atoms with Crippen molar-refractivity contribution in [2.45, 2.75) is 36.7 Å². The topological polar surface area (TPSA) is 59.1 Å². The second-order valence-corrected chi connectivity index (χ2v) is 7.68. The summed E-state index contributed by atoms with van der Waals surface area (Å²) in [6.07, 6.45) is 1.48. The zero-order valence-electron chi connectivity index (χ0n) is 9.79. The predicted octanol–water partition coefficient (Wildman–Crippen LogP) is 2.82. The van der Waals surface area contributed by atoms with E-state index in [2.05, 4.69) is 41.6 Å². The molecule has 1 heterocycles. The number of nitrogens with zero attached hydrogens (tertiary/aromatic N) is 1. The Kier molecular flexibility index (Phi) is 4.73. The molecule has 0 aliphatic rings. The maximum atomic E-state index is 12.1. The first-order chi connectivity index (χ1) is 7.65. The Morgan fingerprint density at radius 2 is 2.00 bits per heavy atom. The first-order valence-electron chi connectivity index (χ1n) is 4.90. The van der Waals surface area contributed by atoms with Crippen LogP contribution in [0.5, 0.6) is 0 Å². The van der Waals surface area contributed by atoms with Gasteiger partial charge in [0.05, 0.1) is 0 Å². The molecule has 0 spiro atoms. The molecular formula is C10H14Br2N2O2S. The smallest absolute Gasteiger partial charge is 0.242 e. The minimum Gasteiger partial charge on any atom is -0.242 e. The highest BCUT2D eigenvalue weighted by Crippen LogP contribution is 2.21. The average molecular weight is 386 g/mol. The number of halogens is 2. The molecule has 1 aromatic rings. The molecule has 0 aliphatic carbocycles. The lowest BCUT2D eigenvalue weighted by molar-refractivity contribution is 0.489. The van der Waals surface area contributed by atoms with Crippen LogP contribution in [0.2, 0.25) is 0 Å². The van der Waals surface area contributed by atoms with E-state index in [0.29, 0.717) is 10.9 Å². The molecule has 4 nitrogen and oxygen atoms in total. The zero-order chi connectivity index (χ0) is 13.3. The second kappa shape index (κ2) is 5.34. The summed E-state index contributed by atoms with van der Waals surface area (Å²) in [6.45, 7) is 5.37. The molecule has 0 amide bonds. The molecule has 0 aromatic carbocycles. The molecule has 96 valence electrons. The summed E-state index contributed by atoms with van der Waals surface area (Å²) in [5.41, 5.74) is 0.0908. The van der Waals surface area contributed by atoms with Crippen LogP contribution < -0.4 is 4.72 Å². The molecule has 0 aliphatic heterocycles. The van der Waals surface area contributed by atoms with Crippen molar-refractivity contribution in [1.29, 1.82) is 0 Å². The highest BCUT2D eigenvalue weighted by molar-refractivity contribution is 9.10. The van der Waals surface area contributed by atoms with Gasteiger partial charge in [-0.2, -0.15) is 0 Å². The van der Waals surface area contributed by atoms with Gasteiger partial charge in [-0.3, -0.25) is 0 Å². The molecule has 0 bridgehead atoms. The van der Waals surface area contributed by atoms with Crippen LogP contribution in [0.1, 0.15) is 26.3 Å². The Morgan fingerprint density at radius 3 is 2.47 bits per heavy atom. The van der Waals surface area contributed by atoms with Gasteiger partial charge < -0.3 is 0 Å². The summed E-state index contributed by atoms with van der Waals surface area (Å²) in [6, 6.07) is 1.74. The highest BCUT2D eigenvalue weighted by Gasteiger charge is 2.25. The van der Waals surface area contributed by atoms with Gasteiger partial charge in [0.25, 0.3) is 10.0 Å². The summed E-state index contributed by atoms with van der Waals surface area (Å²) in [4.78, 5) is 3.98. The molecular weight excluding hydrogens is 372 g/mol. The number of aromatic nitrogens is 1. The SMILES string of the molecule is CC(C)(C)NS(=O)(=O)c1ncc(Br)cc1CBr. The monoisotopic (exact) mass is 384 g/mol. The minimum atomic E-state index is -3.59. The minimum absolute atomic E-state index is 0.0625. The first-order valence-corrected chi connectivity index (χ1v) is 8.30. The van der Waals surface area contributed by atoms with Crippen LogP contribution in [0, 0.1) is 0 Å². The Morgan fingerprint density at radius 1 is 1.41 bits per heavy atom. The quantitative estimate of drug-likeness (QED) is 0.813. The number of nitrogens with one attached hydrogen (secondary N) is 1. The molecule has 1 rings (SSSR count). The van der Waals surface area contributed by atoms with Crippen molar-refractivity contribution in [3.05, 3.63) is 22.3 Å². The number of sulfonamides is 1. The van der Waals surface area contributed by atoms with Crippen molar-refractivity contribution in [3.8, 4) is 0 Å². The molecule has 0 saturated heterocycles. The lowest BCUT2D eigenvalue weighted by Crippen LogP contribution is -2.41. The van der Waals surface area contributed by atoms with Gasteiger partial charge >= 0.3 is 0 Å². The number of hydrogen-bond acceptors (Lipinski definition) is 3. The fourth-order valence-corrected chi connectivity index (χ4v) is 3.82. The van der Waals surface area contributed by atoms with Gasteiger partial charge in [0.2, 0.25) is 0 Å². The van der Waals surface area contributed by atoms with E-state index in [0.717, 1.165) is 4.47 Å². The van der Waals surface area contributed by atoms with Crippen LogP contribution >= 0.6 is 31.9 Å². The molecule has 17 heavy (non-hydrogen) atoms. The number of pyridine rings is 1. The lowest BCUT2D eigenvalue weighted by atomic mass is 10.1. The van der Waals surface area contributed by atoms with Crippen molar-refractivity contribution in [2.24, 2.45) is 0 Å². The third kappa shape index (κ3) is 4.31. The normalized spacial score (nSPS) is 12.8. The summed E-state index contributed by atoms with van der Waals surface area (Å²) in [5, 5.41) is 0.493. The van der Waals surface area contributed by atoms with E-state index in [1.165, 1.54) is 6.20 Å². The van der Waals surface area contributed by atoms with Gasteiger partial charge in [0.1, 0.15) is 0 Å². The highest BCUT2D eigenvalue weighted by atomic mass is 79.9. The average Bonchev–Trinajstić information content (AvgIpc) is 2.13. The number of alkyl halides is 1. The molecule has 1 aromatic heterocycles. The van der Waals surface area contributed by atoms with Gasteiger partial charge in [0, 0.05) is 27.1 Å². The van der Waals surface area contributed by atoms with Gasteiger partial charge in [-0.15, -0.1) is 0 Å². The van der Waals surface area contributed by atoms with Crippen molar-refractivity contribution < 1.29 is 8.42 Å². The van der Waals surface area contributed by atoms with Crippen molar-refractivity contribution in [3.63, 3.8) is 0 Å². The zero-order valence-corrected chi connectivity index (χ0v) is 13.8. The van der Waals surface area contributed by atoms with Crippen LogP contribution in [-0.4, -0.2) is 18.9 Å². The fourth-order valence-electron chi connectivity index (χ4n) is 1.26. The van der Waals surface area contributed by atoms with Crippen LogP contribution in [0.15, 0.2) is 21.8 Å². The van der Waals surface area contributed by atoms with E-state index in [9.17, 15) is 8.42 Å². The van der Waals surface area contributed by atoms with Gasteiger partial charge in [-0.05, 0) is 42.8 Å². The molecule has 0 fully saturated rings. The van der Waals surface area contributed by atoms with Crippen molar-refractivity contribution in [1.82, 2.24) is 9.71 Å². The van der Waals surface area contributed by atoms with Crippen molar-refractivity contribution >= 4 is 41.9 Å². The molecule has 0 unspecified atom stereocenters. The van der Waals surface area contributed by atoms with Crippen LogP contribution in [0.3, 0.4) is 0 Å². The third-order valence-electron chi connectivity index (χ3n) is 1.73. The molecule has 0 atom stereocenters. The third-order valence-corrected chi connectivity index (χ3v) is 4.53. The van der Waals surface area contributed by atoms with E-state index in [-0.39, 0.29) is 5.03 Å². The van der Waals surface area contributed by atoms with Gasteiger partial charge in [-0.25, -0.2) is 18.1 Å². The summed E-state index contributed by atoms with van der Waals surface area (Å²) >= 11 is 6.53. The van der Waals surface area contributed by atoms with E-state index in [4.69, 9.17) is 0 Å². The van der Waals surface area contributed by atoms with E-state index in [1.54, 1.807) is 26.8 Å². The Balaban J connectivity index is 3.24. The predicted molar refractivity (Wildman–Crippen MR) is 74.6 cm³/mol. The molecule has 0 radical (unpaired) electrons. The van der Waals surface area contributed by atoms with Crippen molar-refractivity contribution in [2.75, 3.05) is 0 Å². The maximum absolute atomic E-state index is 12.1. The fraction of sp³-hybridized carbons (Fsp3) is 0.500. The molecule has 1 N–H and O–H groups in total. The molecule has 0 saturated carbocycles. The van der Waals surface area contributed by atoms with Crippen LogP contribution in [-0.2, 0) is 15.4 Å². The summed E-state index contributed by atoms with van der Waals surface area (Å²) < 4.78 is 27.6. The van der Waals surface area contributed by atoms with Crippen LogP contribution in [0.4, 0.5) is 0 Å². The number of hydrogen-bond donors (Lipinski definition) is 1.